The van der Waals surface area contributed by atoms with Crippen LogP contribution >= 0.6 is 0 Å². The van der Waals surface area contributed by atoms with Crippen molar-refractivity contribution in [2.75, 3.05) is 18.4 Å². The lowest BCUT2D eigenvalue weighted by Gasteiger charge is -2.33. The summed E-state index contributed by atoms with van der Waals surface area (Å²) in [4.78, 5) is 38.8. The summed E-state index contributed by atoms with van der Waals surface area (Å²) in [6.45, 7) is 4.42. The van der Waals surface area contributed by atoms with Crippen molar-refractivity contribution in [3.8, 4) is 6.07 Å². The van der Waals surface area contributed by atoms with Crippen LogP contribution < -0.4 is 16.0 Å². The minimum atomic E-state index is -0.650. The van der Waals surface area contributed by atoms with Crippen molar-refractivity contribution in [2.45, 2.75) is 45.2 Å². The Morgan fingerprint density at radius 1 is 1.06 bits per heavy atom. The van der Waals surface area contributed by atoms with Crippen LogP contribution in [0.1, 0.15) is 36.5 Å². The van der Waals surface area contributed by atoms with Gasteiger partial charge in [0.05, 0.1) is 11.6 Å². The second kappa shape index (κ2) is 11.1. The highest BCUT2D eigenvalue weighted by atomic mass is 16.2. The average Bonchev–Trinajstić information content (AvgIpc) is 2.80. The Bertz CT molecular complexity index is 1020. The molecule has 2 aromatic rings. The van der Waals surface area contributed by atoms with Crippen LogP contribution in [0.25, 0.3) is 0 Å². The molecule has 3 N–H and O–H groups in total. The average molecular weight is 448 g/mol. The number of rotatable bonds is 6. The molecule has 8 heteroatoms. The third-order valence-corrected chi connectivity index (χ3v) is 5.65. The third-order valence-electron chi connectivity index (χ3n) is 5.65. The number of hydrogen-bond acceptors (Lipinski definition) is 4. The van der Waals surface area contributed by atoms with Gasteiger partial charge in [-0.3, -0.25) is 9.59 Å². The molecule has 1 aliphatic heterocycles. The lowest BCUT2D eigenvalue weighted by Crippen LogP contribution is -2.53. The molecule has 1 heterocycles. The van der Waals surface area contributed by atoms with Crippen LogP contribution in [0.2, 0.25) is 0 Å². The van der Waals surface area contributed by atoms with Gasteiger partial charge >= 0.3 is 6.03 Å². The van der Waals surface area contributed by atoms with Gasteiger partial charge in [-0.1, -0.05) is 29.8 Å². The van der Waals surface area contributed by atoms with Crippen molar-refractivity contribution in [3.05, 3.63) is 65.2 Å². The summed E-state index contributed by atoms with van der Waals surface area (Å²) in [6.07, 6.45) is 1.67. The zero-order valence-electron chi connectivity index (χ0n) is 18.9. The minimum absolute atomic E-state index is 0.0641. The number of aryl methyl sites for hydroxylation is 1. The number of nitrogens with zero attached hydrogens (tertiary/aromatic N) is 2. The SMILES string of the molecule is CC(=O)N[C@@H](Cc1ccc(C)cc1)C(=O)NC1CCN(C(=O)Nc2ccc(C#N)cc2)CC1. The van der Waals surface area contributed by atoms with Crippen molar-refractivity contribution >= 4 is 23.5 Å². The van der Waals surface area contributed by atoms with Crippen LogP contribution in [0.15, 0.2) is 48.5 Å². The van der Waals surface area contributed by atoms with Gasteiger partial charge in [0.1, 0.15) is 6.04 Å². The monoisotopic (exact) mass is 447 g/mol. The molecule has 0 bridgehead atoms. The number of nitriles is 1. The van der Waals surface area contributed by atoms with Crippen LogP contribution in [0.3, 0.4) is 0 Å². The first kappa shape index (κ1) is 23.8. The van der Waals surface area contributed by atoms with E-state index < -0.39 is 6.04 Å². The largest absolute Gasteiger partial charge is 0.351 e. The van der Waals surface area contributed by atoms with E-state index in [0.717, 1.165) is 11.1 Å². The summed E-state index contributed by atoms with van der Waals surface area (Å²) in [5.41, 5.74) is 3.27. The van der Waals surface area contributed by atoms with Gasteiger partial charge in [-0.05, 0) is 49.6 Å². The standard InChI is InChI=1S/C25H29N5O3/c1-17-3-5-19(6-4-17)15-23(27-18(2)31)24(32)28-22-11-13-30(14-12-22)25(33)29-21-9-7-20(16-26)8-10-21/h3-10,22-23H,11-15H2,1-2H3,(H,27,31)(H,28,32)(H,29,33)/t23-/m0/s1. The third kappa shape index (κ3) is 7.07. The number of hydrogen-bond donors (Lipinski definition) is 3. The van der Waals surface area contributed by atoms with Crippen molar-refractivity contribution in [3.63, 3.8) is 0 Å². The molecule has 3 rings (SSSR count). The maximum absolute atomic E-state index is 12.9. The van der Waals surface area contributed by atoms with E-state index in [2.05, 4.69) is 16.0 Å². The van der Waals surface area contributed by atoms with Crippen LogP contribution in [0.4, 0.5) is 10.5 Å². The lowest BCUT2D eigenvalue weighted by atomic mass is 10.0. The van der Waals surface area contributed by atoms with Crippen molar-refractivity contribution < 1.29 is 14.4 Å². The molecule has 4 amide bonds. The molecule has 1 atom stereocenters. The molecule has 0 unspecified atom stereocenters. The van der Waals surface area contributed by atoms with E-state index in [1.807, 2.05) is 37.3 Å². The zero-order chi connectivity index (χ0) is 23.8. The summed E-state index contributed by atoms with van der Waals surface area (Å²) in [6, 6.07) is 15.7. The van der Waals surface area contributed by atoms with E-state index in [1.54, 1.807) is 29.2 Å². The Kier molecular flexibility index (Phi) is 8.03. The fourth-order valence-corrected chi connectivity index (χ4v) is 3.77. The first-order valence-electron chi connectivity index (χ1n) is 11.0. The molecular formula is C25H29N5O3. The zero-order valence-corrected chi connectivity index (χ0v) is 18.9. The second-order valence-corrected chi connectivity index (χ2v) is 8.33. The minimum Gasteiger partial charge on any atom is -0.351 e. The summed E-state index contributed by atoms with van der Waals surface area (Å²) < 4.78 is 0. The Morgan fingerprint density at radius 2 is 1.70 bits per heavy atom. The van der Waals surface area contributed by atoms with E-state index >= 15 is 0 Å². The van der Waals surface area contributed by atoms with Crippen molar-refractivity contribution in [1.82, 2.24) is 15.5 Å². The Hall–Kier alpha value is -3.86. The van der Waals surface area contributed by atoms with Gasteiger partial charge in [0, 0.05) is 38.2 Å². The van der Waals surface area contributed by atoms with Crippen LogP contribution in [0.5, 0.6) is 0 Å². The highest BCUT2D eigenvalue weighted by molar-refractivity contribution is 5.89. The number of amides is 4. The van der Waals surface area contributed by atoms with Gasteiger partial charge < -0.3 is 20.9 Å². The fraction of sp³-hybridized carbons (Fsp3) is 0.360. The maximum atomic E-state index is 12.9. The van der Waals surface area contributed by atoms with Crippen LogP contribution in [0, 0.1) is 18.3 Å². The van der Waals surface area contributed by atoms with E-state index in [1.165, 1.54) is 6.92 Å². The highest BCUT2D eigenvalue weighted by Crippen LogP contribution is 2.15. The molecule has 0 aliphatic carbocycles. The molecule has 8 nitrogen and oxygen atoms in total. The summed E-state index contributed by atoms with van der Waals surface area (Å²) in [7, 11) is 0. The number of urea groups is 1. The van der Waals surface area contributed by atoms with Crippen LogP contribution in [-0.2, 0) is 16.0 Å². The van der Waals surface area contributed by atoms with Gasteiger partial charge in [-0.15, -0.1) is 0 Å². The number of anilines is 1. The molecule has 0 radical (unpaired) electrons. The first-order valence-corrected chi connectivity index (χ1v) is 11.0. The summed E-state index contributed by atoms with van der Waals surface area (Å²) in [5, 5.41) is 17.5. The van der Waals surface area contributed by atoms with Crippen molar-refractivity contribution in [1.29, 1.82) is 5.26 Å². The van der Waals surface area contributed by atoms with Gasteiger partial charge in [-0.2, -0.15) is 5.26 Å². The molecule has 1 saturated heterocycles. The van der Waals surface area contributed by atoms with Gasteiger partial charge in [0.15, 0.2) is 0 Å². The number of nitrogens with one attached hydrogen (secondary N) is 3. The first-order chi connectivity index (χ1) is 15.8. The van der Waals surface area contributed by atoms with E-state index in [9.17, 15) is 14.4 Å². The van der Waals surface area contributed by atoms with Gasteiger partial charge in [-0.25, -0.2) is 4.79 Å². The van der Waals surface area contributed by atoms with Crippen LogP contribution in [-0.4, -0.2) is 47.9 Å². The second-order valence-electron chi connectivity index (χ2n) is 8.33. The smallest absolute Gasteiger partial charge is 0.321 e. The Morgan fingerprint density at radius 3 is 2.27 bits per heavy atom. The molecular weight excluding hydrogens is 418 g/mol. The number of piperidine rings is 1. The highest BCUT2D eigenvalue weighted by Gasteiger charge is 2.27. The fourth-order valence-electron chi connectivity index (χ4n) is 3.77. The molecule has 0 aromatic heterocycles. The Labute approximate surface area is 194 Å². The normalized spacial score (nSPS) is 14.6. The number of carbonyl (C=O) groups excluding carboxylic acids is 3. The summed E-state index contributed by atoms with van der Waals surface area (Å²) in [5.74, 6) is -0.470. The molecule has 172 valence electrons. The predicted molar refractivity (Wildman–Crippen MR) is 125 cm³/mol. The molecule has 0 saturated carbocycles. The number of likely N-dealkylation sites (tertiary alicyclic amines) is 1. The number of carbonyl (C=O) groups is 3. The molecule has 1 fully saturated rings. The predicted octanol–water partition coefficient (Wildman–Crippen LogP) is 2.73. The molecule has 33 heavy (non-hydrogen) atoms. The van der Waals surface area contributed by atoms with Crippen molar-refractivity contribution in [2.24, 2.45) is 0 Å². The quantitative estimate of drug-likeness (QED) is 0.632. The summed E-state index contributed by atoms with van der Waals surface area (Å²) >= 11 is 0. The Balaban J connectivity index is 1.50. The topological polar surface area (TPSA) is 114 Å². The van der Waals surface area contributed by atoms with E-state index in [4.69, 9.17) is 5.26 Å². The lowest BCUT2D eigenvalue weighted by molar-refractivity contribution is -0.128. The number of benzene rings is 2. The molecule has 1 aliphatic rings. The van der Waals surface area contributed by atoms with E-state index in [0.29, 0.717) is 43.6 Å². The molecule has 0 spiro atoms. The van der Waals surface area contributed by atoms with E-state index in [-0.39, 0.29) is 23.9 Å². The van der Waals surface area contributed by atoms with Gasteiger partial charge in [0.2, 0.25) is 11.8 Å². The molecule has 2 aromatic carbocycles. The van der Waals surface area contributed by atoms with Gasteiger partial charge in [0.25, 0.3) is 0 Å². The maximum Gasteiger partial charge on any atom is 0.321 e.